The van der Waals surface area contributed by atoms with Crippen LogP contribution < -0.4 is 5.73 Å². The molecule has 1 saturated carbocycles. The van der Waals surface area contributed by atoms with Crippen molar-refractivity contribution in [1.82, 2.24) is 9.97 Å². The van der Waals surface area contributed by atoms with E-state index in [4.69, 9.17) is 11.1 Å². The third-order valence-electron chi connectivity index (χ3n) is 3.50. The summed E-state index contributed by atoms with van der Waals surface area (Å²) in [7, 11) is 0. The number of H-pyrrole nitrogens is 1. The molecule has 0 radical (unpaired) electrons. The second-order valence-electron chi connectivity index (χ2n) is 4.60. The molecule has 0 aromatic carbocycles. The fourth-order valence-corrected chi connectivity index (χ4v) is 2.29. The molecule has 0 atom stereocenters. The summed E-state index contributed by atoms with van der Waals surface area (Å²) in [5.41, 5.74) is 6.89. The minimum Gasteiger partial charge on any atom is -0.384 e. The molecule has 1 aliphatic carbocycles. The van der Waals surface area contributed by atoms with E-state index in [9.17, 15) is 5.11 Å². The standard InChI is InChI=1S/C12H14N4O/c13-10(14)7-2-5-15-11-8(7)6-9(16-11)12(17)3-1-4-12/h2,5-6,17H,1,3-4H2,(H3,13,14)(H,15,16). The summed E-state index contributed by atoms with van der Waals surface area (Å²) in [6.45, 7) is 0. The van der Waals surface area contributed by atoms with Gasteiger partial charge in [0.15, 0.2) is 0 Å². The maximum atomic E-state index is 10.3. The summed E-state index contributed by atoms with van der Waals surface area (Å²) in [6.07, 6.45) is 4.20. The zero-order valence-electron chi connectivity index (χ0n) is 9.33. The number of nitrogens with zero attached hydrogens (tertiary/aromatic N) is 1. The van der Waals surface area contributed by atoms with Crippen molar-refractivity contribution in [2.45, 2.75) is 24.9 Å². The van der Waals surface area contributed by atoms with Gasteiger partial charge in [-0.25, -0.2) is 4.98 Å². The van der Waals surface area contributed by atoms with Crippen LogP contribution in [0.25, 0.3) is 11.0 Å². The molecule has 5 nitrogen and oxygen atoms in total. The lowest BCUT2D eigenvalue weighted by atomic mass is 9.78. The predicted octanol–water partition coefficient (Wildman–Crippen LogP) is 1.22. The topological polar surface area (TPSA) is 98.8 Å². The first-order chi connectivity index (χ1) is 8.10. The Balaban J connectivity index is 2.19. The van der Waals surface area contributed by atoms with Crippen molar-refractivity contribution < 1.29 is 5.11 Å². The molecule has 5 heteroatoms. The smallest absolute Gasteiger partial charge is 0.138 e. The third-order valence-corrected chi connectivity index (χ3v) is 3.50. The molecule has 1 fully saturated rings. The van der Waals surface area contributed by atoms with Gasteiger partial charge in [-0.1, -0.05) is 0 Å². The van der Waals surface area contributed by atoms with Gasteiger partial charge in [-0.05, 0) is 31.4 Å². The number of aromatic nitrogens is 2. The maximum absolute atomic E-state index is 10.3. The van der Waals surface area contributed by atoms with Crippen molar-refractivity contribution in [3.8, 4) is 0 Å². The van der Waals surface area contributed by atoms with Crippen molar-refractivity contribution >= 4 is 16.9 Å². The molecule has 0 aliphatic heterocycles. The van der Waals surface area contributed by atoms with Gasteiger partial charge >= 0.3 is 0 Å². The Morgan fingerprint density at radius 1 is 1.53 bits per heavy atom. The molecule has 0 saturated heterocycles. The van der Waals surface area contributed by atoms with Crippen LogP contribution in [0.1, 0.15) is 30.5 Å². The number of fused-ring (bicyclic) bond motifs is 1. The van der Waals surface area contributed by atoms with E-state index in [0.717, 1.165) is 30.3 Å². The first kappa shape index (κ1) is 10.3. The molecule has 88 valence electrons. The van der Waals surface area contributed by atoms with Crippen LogP contribution in [0.2, 0.25) is 0 Å². The largest absolute Gasteiger partial charge is 0.384 e. The van der Waals surface area contributed by atoms with E-state index in [0.29, 0.717) is 11.2 Å². The molecule has 2 heterocycles. The zero-order valence-corrected chi connectivity index (χ0v) is 9.33. The molecule has 0 bridgehead atoms. The molecule has 3 rings (SSSR count). The van der Waals surface area contributed by atoms with Crippen LogP contribution >= 0.6 is 0 Å². The lowest BCUT2D eigenvalue weighted by Crippen LogP contribution is -2.33. The highest BCUT2D eigenvalue weighted by atomic mass is 16.3. The van der Waals surface area contributed by atoms with E-state index in [1.807, 2.05) is 6.07 Å². The molecule has 2 aromatic heterocycles. The molecule has 0 amide bonds. The highest BCUT2D eigenvalue weighted by Crippen LogP contribution is 2.41. The number of aliphatic hydroxyl groups is 1. The molecular formula is C12H14N4O. The van der Waals surface area contributed by atoms with Gasteiger partial charge in [0.25, 0.3) is 0 Å². The van der Waals surface area contributed by atoms with E-state index in [1.54, 1.807) is 12.3 Å². The molecule has 0 spiro atoms. The molecule has 17 heavy (non-hydrogen) atoms. The zero-order chi connectivity index (χ0) is 12.0. The van der Waals surface area contributed by atoms with Crippen LogP contribution in [-0.4, -0.2) is 20.9 Å². The highest BCUT2D eigenvalue weighted by molar-refractivity contribution is 6.06. The van der Waals surface area contributed by atoms with Gasteiger partial charge in [0.2, 0.25) is 0 Å². The predicted molar refractivity (Wildman–Crippen MR) is 64.9 cm³/mol. The molecule has 2 aromatic rings. The van der Waals surface area contributed by atoms with E-state index >= 15 is 0 Å². The summed E-state index contributed by atoms with van der Waals surface area (Å²) in [6, 6.07) is 3.57. The summed E-state index contributed by atoms with van der Waals surface area (Å²) < 4.78 is 0. The van der Waals surface area contributed by atoms with Gasteiger partial charge in [-0.2, -0.15) is 0 Å². The molecular weight excluding hydrogens is 216 g/mol. The van der Waals surface area contributed by atoms with Crippen LogP contribution in [0.3, 0.4) is 0 Å². The van der Waals surface area contributed by atoms with Crippen molar-refractivity contribution in [3.63, 3.8) is 0 Å². The normalized spacial score (nSPS) is 17.9. The number of nitrogen functional groups attached to an aromatic ring is 1. The average molecular weight is 230 g/mol. The lowest BCUT2D eigenvalue weighted by Gasteiger charge is -2.35. The van der Waals surface area contributed by atoms with Crippen molar-refractivity contribution in [1.29, 1.82) is 5.41 Å². The summed E-state index contributed by atoms with van der Waals surface area (Å²) >= 11 is 0. The number of nitrogens with one attached hydrogen (secondary N) is 2. The fourth-order valence-electron chi connectivity index (χ4n) is 2.29. The van der Waals surface area contributed by atoms with Gasteiger partial charge < -0.3 is 15.8 Å². The first-order valence-corrected chi connectivity index (χ1v) is 5.65. The Hall–Kier alpha value is -1.88. The average Bonchev–Trinajstić information content (AvgIpc) is 2.68. The highest BCUT2D eigenvalue weighted by Gasteiger charge is 2.37. The number of aromatic amines is 1. The third kappa shape index (κ3) is 1.43. The Labute approximate surface area is 98.2 Å². The quantitative estimate of drug-likeness (QED) is 0.461. The van der Waals surface area contributed by atoms with Crippen LogP contribution in [-0.2, 0) is 5.60 Å². The summed E-state index contributed by atoms with van der Waals surface area (Å²) in [5.74, 6) is 0.0172. The molecule has 5 N–H and O–H groups in total. The van der Waals surface area contributed by atoms with Crippen LogP contribution in [0, 0.1) is 5.41 Å². The van der Waals surface area contributed by atoms with Crippen LogP contribution in [0.5, 0.6) is 0 Å². The molecule has 1 aliphatic rings. The van der Waals surface area contributed by atoms with Gasteiger partial charge in [0.1, 0.15) is 17.1 Å². The summed E-state index contributed by atoms with van der Waals surface area (Å²) in [5, 5.41) is 18.6. The minimum atomic E-state index is -0.741. The Bertz CT molecular complexity index is 598. The van der Waals surface area contributed by atoms with E-state index < -0.39 is 5.60 Å². The number of pyridine rings is 1. The minimum absolute atomic E-state index is 0.0172. The first-order valence-electron chi connectivity index (χ1n) is 5.65. The Kier molecular flexibility index (Phi) is 2.00. The number of rotatable bonds is 2. The van der Waals surface area contributed by atoms with Gasteiger partial charge in [0.05, 0.1) is 0 Å². The Morgan fingerprint density at radius 2 is 2.29 bits per heavy atom. The maximum Gasteiger partial charge on any atom is 0.138 e. The number of hydrogen-bond acceptors (Lipinski definition) is 3. The van der Waals surface area contributed by atoms with Crippen molar-refractivity contribution in [3.05, 3.63) is 29.6 Å². The van der Waals surface area contributed by atoms with E-state index in [2.05, 4.69) is 9.97 Å². The monoisotopic (exact) mass is 230 g/mol. The lowest BCUT2D eigenvalue weighted by molar-refractivity contribution is -0.0420. The van der Waals surface area contributed by atoms with Gasteiger partial charge in [-0.3, -0.25) is 5.41 Å². The SMILES string of the molecule is N=C(N)c1ccnc2[nH]c(C3(O)CCC3)cc12. The van der Waals surface area contributed by atoms with Crippen molar-refractivity contribution in [2.75, 3.05) is 0 Å². The second kappa shape index (κ2) is 3.30. The number of amidine groups is 1. The van der Waals surface area contributed by atoms with Crippen LogP contribution in [0.4, 0.5) is 0 Å². The van der Waals surface area contributed by atoms with Crippen LogP contribution in [0.15, 0.2) is 18.3 Å². The molecule has 0 unspecified atom stereocenters. The number of hydrogen-bond donors (Lipinski definition) is 4. The van der Waals surface area contributed by atoms with E-state index in [-0.39, 0.29) is 5.84 Å². The summed E-state index contributed by atoms with van der Waals surface area (Å²) in [4.78, 5) is 7.32. The second-order valence-corrected chi connectivity index (χ2v) is 4.60. The van der Waals surface area contributed by atoms with E-state index in [1.165, 1.54) is 0 Å². The number of nitrogens with two attached hydrogens (primary N) is 1. The Morgan fingerprint density at radius 3 is 2.88 bits per heavy atom. The van der Waals surface area contributed by atoms with Gasteiger partial charge in [0, 0.05) is 22.8 Å². The van der Waals surface area contributed by atoms with Gasteiger partial charge in [-0.15, -0.1) is 0 Å². The fraction of sp³-hybridized carbons (Fsp3) is 0.333. The van der Waals surface area contributed by atoms with Crippen molar-refractivity contribution in [2.24, 2.45) is 5.73 Å².